The molecule has 0 atom stereocenters. The van der Waals surface area contributed by atoms with E-state index in [-0.39, 0.29) is 18.8 Å². The van der Waals surface area contributed by atoms with E-state index in [1.807, 2.05) is 62.6 Å². The molecule has 5 rings (SSSR count). The summed E-state index contributed by atoms with van der Waals surface area (Å²) in [5.74, 6) is 5.04. The Morgan fingerprint density at radius 1 is 0.838 bits per heavy atom. The monoisotopic (exact) mass is 499 g/mol. The molecule has 0 saturated carbocycles. The summed E-state index contributed by atoms with van der Waals surface area (Å²) in [6.45, 7) is 8.02. The van der Waals surface area contributed by atoms with Gasteiger partial charge in [-0.3, -0.25) is 0 Å². The highest BCUT2D eigenvalue weighted by molar-refractivity contribution is 6.22. The van der Waals surface area contributed by atoms with E-state index in [0.717, 1.165) is 21.7 Å². The molecule has 37 heavy (non-hydrogen) atoms. The minimum absolute atomic E-state index is 0.0153. The Hall–Kier alpha value is -4.31. The number of ether oxygens (including phenoxy) is 4. The molecule has 2 aromatic heterocycles. The predicted octanol–water partition coefficient (Wildman–Crippen LogP) is 6.28. The first-order chi connectivity index (χ1) is 17.8. The van der Waals surface area contributed by atoms with Crippen molar-refractivity contribution in [2.24, 2.45) is 0 Å². The number of terminal acetylenes is 1. The van der Waals surface area contributed by atoms with Gasteiger partial charge in [-0.25, -0.2) is 4.79 Å². The Balaban J connectivity index is 1.95. The van der Waals surface area contributed by atoms with Gasteiger partial charge in [0.05, 0.1) is 49.4 Å². The van der Waals surface area contributed by atoms with Crippen molar-refractivity contribution in [2.45, 2.75) is 46.4 Å². The molecular formula is C30H29NO6. The lowest BCUT2D eigenvalue weighted by molar-refractivity contribution is 0.230. The average molecular weight is 500 g/mol. The fourth-order valence-corrected chi connectivity index (χ4v) is 4.89. The van der Waals surface area contributed by atoms with Crippen LogP contribution in [0.1, 0.15) is 27.7 Å². The second-order valence-corrected chi connectivity index (χ2v) is 9.42. The molecular weight excluding hydrogens is 470 g/mol. The summed E-state index contributed by atoms with van der Waals surface area (Å²) in [5.41, 5.74) is 1.45. The average Bonchev–Trinajstić information content (AvgIpc) is 3.18. The van der Waals surface area contributed by atoms with E-state index in [4.69, 9.17) is 29.8 Å². The van der Waals surface area contributed by atoms with Gasteiger partial charge in [-0.15, -0.1) is 6.42 Å². The van der Waals surface area contributed by atoms with Crippen LogP contribution in [0, 0.1) is 12.3 Å². The number of nitrogens with zero attached hydrogens (tertiary/aromatic N) is 1. The van der Waals surface area contributed by atoms with Crippen LogP contribution in [0.4, 0.5) is 0 Å². The quantitative estimate of drug-likeness (QED) is 0.194. The summed E-state index contributed by atoms with van der Waals surface area (Å²) in [6.07, 6.45) is 5.74. The summed E-state index contributed by atoms with van der Waals surface area (Å²) < 4.78 is 31.0. The minimum Gasteiger partial charge on any atom is -0.493 e. The Kier molecular flexibility index (Phi) is 6.12. The van der Waals surface area contributed by atoms with E-state index in [9.17, 15) is 4.79 Å². The minimum atomic E-state index is -0.449. The second-order valence-electron chi connectivity index (χ2n) is 9.42. The fraction of sp³-hybridized carbons (Fsp3) is 0.300. The topological polar surface area (TPSA) is 72.1 Å². The van der Waals surface area contributed by atoms with Crippen LogP contribution in [0.25, 0.3) is 43.5 Å². The van der Waals surface area contributed by atoms with Crippen molar-refractivity contribution >= 4 is 43.5 Å². The number of hydrogen-bond acceptors (Lipinski definition) is 6. The zero-order valence-electron chi connectivity index (χ0n) is 21.8. The van der Waals surface area contributed by atoms with Crippen molar-refractivity contribution in [2.75, 3.05) is 14.2 Å². The molecule has 0 unspecified atom stereocenters. The lowest BCUT2D eigenvalue weighted by Gasteiger charge is -2.16. The molecule has 7 heteroatoms. The highest BCUT2D eigenvalue weighted by atomic mass is 16.5. The van der Waals surface area contributed by atoms with Crippen molar-refractivity contribution in [3.63, 3.8) is 0 Å². The number of methoxy groups -OCH3 is 2. The van der Waals surface area contributed by atoms with E-state index in [2.05, 4.69) is 5.92 Å². The van der Waals surface area contributed by atoms with Crippen LogP contribution in [0.3, 0.4) is 0 Å². The highest BCUT2D eigenvalue weighted by Gasteiger charge is 2.23. The molecule has 0 N–H and O–H groups in total. The summed E-state index contributed by atoms with van der Waals surface area (Å²) in [4.78, 5) is 13.4. The van der Waals surface area contributed by atoms with Gasteiger partial charge < -0.3 is 27.9 Å². The van der Waals surface area contributed by atoms with Gasteiger partial charge in [0.25, 0.3) is 0 Å². The predicted molar refractivity (Wildman–Crippen MR) is 146 cm³/mol. The Morgan fingerprint density at radius 3 is 2.05 bits per heavy atom. The molecule has 0 fully saturated rings. The van der Waals surface area contributed by atoms with Gasteiger partial charge in [-0.2, -0.15) is 0 Å². The van der Waals surface area contributed by atoms with Crippen LogP contribution in [0.15, 0.2) is 45.6 Å². The molecule has 5 aromatic rings. The zero-order valence-corrected chi connectivity index (χ0v) is 21.8. The Labute approximate surface area is 214 Å². The molecule has 190 valence electrons. The van der Waals surface area contributed by atoms with Crippen LogP contribution in [0.2, 0.25) is 0 Å². The van der Waals surface area contributed by atoms with Crippen LogP contribution >= 0.6 is 0 Å². The molecule has 0 saturated heterocycles. The summed E-state index contributed by atoms with van der Waals surface area (Å²) in [6, 6.07) is 11.3. The van der Waals surface area contributed by atoms with Crippen LogP contribution in [-0.2, 0) is 6.54 Å². The molecule has 2 heterocycles. The van der Waals surface area contributed by atoms with Gasteiger partial charge in [0.1, 0.15) is 5.58 Å². The standard InChI is InChI=1S/C30H29NO6/c1-8-11-31-28-19(10-9-18-12-25(35-16(2)3)23(33-6)13-20(18)28)27-29(31)21-14-24(34-7)26(36-17(4)5)15-22(21)37-30(27)32/h1,9-10,12-17H,11H2,2-7H3. The number of hydrogen-bond donors (Lipinski definition) is 0. The normalized spacial score (nSPS) is 11.6. The lowest BCUT2D eigenvalue weighted by Crippen LogP contribution is -2.07. The molecule has 0 bridgehead atoms. The van der Waals surface area contributed by atoms with Crippen LogP contribution in [0.5, 0.6) is 23.0 Å². The highest BCUT2D eigenvalue weighted by Crippen LogP contribution is 2.42. The first-order valence-electron chi connectivity index (χ1n) is 12.2. The molecule has 0 aliphatic heterocycles. The molecule has 0 aliphatic rings. The molecule has 0 amide bonds. The first-order valence-corrected chi connectivity index (χ1v) is 12.2. The van der Waals surface area contributed by atoms with Crippen molar-refractivity contribution in [3.05, 3.63) is 46.8 Å². The van der Waals surface area contributed by atoms with Crippen molar-refractivity contribution in [1.82, 2.24) is 4.57 Å². The van der Waals surface area contributed by atoms with Gasteiger partial charge >= 0.3 is 5.63 Å². The maximum atomic E-state index is 13.4. The third kappa shape index (κ3) is 3.99. The number of aromatic nitrogens is 1. The van der Waals surface area contributed by atoms with Crippen molar-refractivity contribution < 1.29 is 23.4 Å². The summed E-state index contributed by atoms with van der Waals surface area (Å²) in [5, 5.41) is 3.73. The molecule has 7 nitrogen and oxygen atoms in total. The number of benzene rings is 3. The fourth-order valence-electron chi connectivity index (χ4n) is 4.89. The van der Waals surface area contributed by atoms with Crippen LogP contribution in [-0.4, -0.2) is 31.0 Å². The smallest absolute Gasteiger partial charge is 0.346 e. The number of fused-ring (bicyclic) bond motifs is 7. The van der Waals surface area contributed by atoms with Gasteiger partial charge in [0.2, 0.25) is 0 Å². The first kappa shape index (κ1) is 24.4. The van der Waals surface area contributed by atoms with Gasteiger partial charge in [0, 0.05) is 22.2 Å². The summed E-state index contributed by atoms with van der Waals surface area (Å²) >= 11 is 0. The molecule has 0 radical (unpaired) electrons. The van der Waals surface area contributed by atoms with Gasteiger partial charge in [-0.1, -0.05) is 18.1 Å². The van der Waals surface area contributed by atoms with Crippen molar-refractivity contribution in [3.8, 4) is 35.3 Å². The van der Waals surface area contributed by atoms with Crippen molar-refractivity contribution in [1.29, 1.82) is 0 Å². The molecule has 3 aromatic carbocycles. The Morgan fingerprint density at radius 2 is 1.46 bits per heavy atom. The van der Waals surface area contributed by atoms with E-state index in [1.165, 1.54) is 0 Å². The summed E-state index contributed by atoms with van der Waals surface area (Å²) in [7, 11) is 3.19. The zero-order chi connectivity index (χ0) is 26.4. The third-order valence-electron chi connectivity index (χ3n) is 6.22. The van der Waals surface area contributed by atoms with E-state index in [1.54, 1.807) is 20.3 Å². The lowest BCUT2D eigenvalue weighted by atomic mass is 10.0. The van der Waals surface area contributed by atoms with E-state index < -0.39 is 5.63 Å². The SMILES string of the molecule is C#CCn1c2c3cc(OC)c(OC(C)C)cc3ccc2c2c(=O)oc3cc(OC(C)C)c(OC)cc3c21. The van der Waals surface area contributed by atoms with E-state index >= 15 is 0 Å². The van der Waals surface area contributed by atoms with Crippen LogP contribution < -0.4 is 24.6 Å². The molecule has 0 aliphatic carbocycles. The van der Waals surface area contributed by atoms with Gasteiger partial charge in [-0.05, 0) is 51.3 Å². The van der Waals surface area contributed by atoms with E-state index in [0.29, 0.717) is 44.9 Å². The maximum Gasteiger partial charge on any atom is 0.346 e. The maximum absolute atomic E-state index is 13.4. The molecule has 0 spiro atoms. The second kappa shape index (κ2) is 9.29. The largest absolute Gasteiger partial charge is 0.493 e. The van der Waals surface area contributed by atoms with Gasteiger partial charge in [0.15, 0.2) is 23.0 Å². The number of rotatable bonds is 7. The third-order valence-corrected chi connectivity index (χ3v) is 6.22. The Bertz CT molecular complexity index is 1770.